The molecule has 0 radical (unpaired) electrons. The fourth-order valence-corrected chi connectivity index (χ4v) is 3.37. The van der Waals surface area contributed by atoms with Gasteiger partial charge in [0.15, 0.2) is 6.54 Å². The molecule has 0 spiro atoms. The molecule has 0 aromatic carbocycles. The van der Waals surface area contributed by atoms with Crippen LogP contribution in [0.1, 0.15) is 19.8 Å². The number of hydrogen-bond acceptors (Lipinski definition) is 6. The van der Waals surface area contributed by atoms with Crippen molar-refractivity contribution < 1.29 is 24.6 Å². The van der Waals surface area contributed by atoms with Crippen molar-refractivity contribution in [3.8, 4) is 0 Å². The fraction of sp³-hybridized carbons (Fsp3) is 0.727. The average molecular weight is 285 g/mol. The summed E-state index contributed by atoms with van der Waals surface area (Å²) in [7, 11) is 0. The van der Waals surface area contributed by atoms with Crippen LogP contribution in [0.25, 0.3) is 0 Å². The van der Waals surface area contributed by atoms with E-state index in [0.717, 1.165) is 0 Å². The molecule has 0 aromatic rings. The second kappa shape index (κ2) is 4.51. The van der Waals surface area contributed by atoms with Crippen molar-refractivity contribution in [3.63, 3.8) is 0 Å². The van der Waals surface area contributed by atoms with Gasteiger partial charge in [-0.05, 0) is 6.92 Å². The Kier molecular flexibility index (Phi) is 3.24. The van der Waals surface area contributed by atoms with Crippen molar-refractivity contribution in [1.82, 2.24) is 0 Å². The van der Waals surface area contributed by atoms with Gasteiger partial charge in [0, 0.05) is 21.8 Å². The van der Waals surface area contributed by atoms with Crippen molar-refractivity contribution in [1.29, 1.82) is 0 Å². The third kappa shape index (κ3) is 2.03. The van der Waals surface area contributed by atoms with Crippen LogP contribution in [0.5, 0.6) is 0 Å². The Bertz CT molecular complexity index is 518. The summed E-state index contributed by atoms with van der Waals surface area (Å²) in [4.78, 5) is 32.9. The van der Waals surface area contributed by atoms with Crippen LogP contribution >= 0.6 is 0 Å². The molecule has 0 saturated carbocycles. The van der Waals surface area contributed by atoms with E-state index in [1.54, 1.807) is 13.0 Å². The first-order chi connectivity index (χ1) is 9.22. The van der Waals surface area contributed by atoms with Crippen LogP contribution in [-0.2, 0) is 4.79 Å². The van der Waals surface area contributed by atoms with E-state index in [1.165, 1.54) is 0 Å². The van der Waals surface area contributed by atoms with Crippen LogP contribution in [-0.4, -0.2) is 46.5 Å². The molecule has 2 bridgehead atoms. The number of nitrogens with one attached hydrogen (secondary N) is 1. The van der Waals surface area contributed by atoms with Crippen LogP contribution in [0.15, 0.2) is 11.6 Å². The number of carboxylic acid groups (broad SMARTS) is 1. The summed E-state index contributed by atoms with van der Waals surface area (Å²) in [5.74, 6) is -1.36. The van der Waals surface area contributed by atoms with E-state index < -0.39 is 33.4 Å². The van der Waals surface area contributed by atoms with Crippen molar-refractivity contribution in [2.45, 2.75) is 30.8 Å². The number of carboxylic acids is 1. The molecular weight excluding hydrogens is 270 g/mol. The molecule has 0 aromatic heterocycles. The van der Waals surface area contributed by atoms with Gasteiger partial charge >= 0.3 is 0 Å². The summed E-state index contributed by atoms with van der Waals surface area (Å²) in [6.45, 7) is 1.02. The second-order valence-corrected chi connectivity index (χ2v) is 5.69. The van der Waals surface area contributed by atoms with E-state index in [-0.39, 0.29) is 25.9 Å². The number of nitrogens with zero attached hydrogens (tertiary/aromatic N) is 2. The van der Waals surface area contributed by atoms with Crippen molar-refractivity contribution in [2.24, 2.45) is 0 Å². The molecule has 1 fully saturated rings. The monoisotopic (exact) mass is 285 g/mol. The Balaban J connectivity index is 2.47. The molecule has 20 heavy (non-hydrogen) atoms. The minimum Gasteiger partial charge on any atom is -0.544 e. The van der Waals surface area contributed by atoms with Crippen LogP contribution in [0.2, 0.25) is 0 Å². The van der Waals surface area contributed by atoms with E-state index >= 15 is 0 Å². The molecular formula is C11H15N3O6. The largest absolute Gasteiger partial charge is 0.544 e. The Labute approximate surface area is 114 Å². The van der Waals surface area contributed by atoms with Crippen LogP contribution in [0, 0.1) is 20.2 Å². The quantitative estimate of drug-likeness (QED) is 0.342. The SMILES string of the molecule is CC1=CC[C@]2([N+](=O)[O-])C[NH+](CC(=O)[O-])C[C@]1([N+](=O)[O-])C2. The summed E-state index contributed by atoms with van der Waals surface area (Å²) in [6.07, 6.45) is 1.46. The number of hydrogen-bond donors (Lipinski definition) is 1. The standard InChI is InChI=1S/C11H15N3O6/c1-8-2-3-10(13(17)18)5-11(8,14(19)20)7-12(6-10)4-9(15)16/h2H,3-7H2,1H3,(H,15,16)/t10-,11-/m1/s1. The zero-order chi connectivity index (χ0) is 15.1. The van der Waals surface area contributed by atoms with Crippen molar-refractivity contribution in [2.75, 3.05) is 19.6 Å². The number of likely N-dealkylation sites (tertiary alicyclic amines) is 1. The Morgan fingerprint density at radius 2 is 2.00 bits per heavy atom. The molecule has 1 N–H and O–H groups in total. The van der Waals surface area contributed by atoms with Gasteiger partial charge < -0.3 is 14.8 Å². The number of rotatable bonds is 4. The number of carbonyl (C=O) groups is 1. The number of piperidine rings is 1. The minimum absolute atomic E-state index is 0.0344. The molecule has 1 aliphatic carbocycles. The number of aliphatic carboxylic acids is 1. The molecule has 9 nitrogen and oxygen atoms in total. The first kappa shape index (κ1) is 14.4. The number of carbonyl (C=O) groups excluding carboxylic acids is 1. The van der Waals surface area contributed by atoms with Gasteiger partial charge in [-0.1, -0.05) is 6.08 Å². The summed E-state index contributed by atoms with van der Waals surface area (Å²) in [5, 5.41) is 33.6. The highest BCUT2D eigenvalue weighted by Gasteiger charge is 2.67. The van der Waals surface area contributed by atoms with Crippen LogP contribution in [0.3, 0.4) is 0 Å². The summed E-state index contributed by atoms with van der Waals surface area (Å²) in [5.41, 5.74) is -2.54. The van der Waals surface area contributed by atoms with Gasteiger partial charge in [-0.15, -0.1) is 0 Å². The molecule has 1 heterocycles. The third-order valence-electron chi connectivity index (χ3n) is 4.40. The number of fused-ring (bicyclic) bond motifs is 2. The highest BCUT2D eigenvalue weighted by Crippen LogP contribution is 2.40. The van der Waals surface area contributed by atoms with Crippen LogP contribution in [0.4, 0.5) is 0 Å². The van der Waals surface area contributed by atoms with Gasteiger partial charge in [0.2, 0.25) is 0 Å². The zero-order valence-electron chi connectivity index (χ0n) is 11.0. The molecule has 110 valence electrons. The van der Waals surface area contributed by atoms with E-state index in [9.17, 15) is 30.1 Å². The molecule has 0 amide bonds. The molecule has 1 saturated heterocycles. The first-order valence-corrected chi connectivity index (χ1v) is 6.21. The fourth-order valence-electron chi connectivity index (χ4n) is 3.37. The highest BCUT2D eigenvalue weighted by atomic mass is 16.6. The van der Waals surface area contributed by atoms with Gasteiger partial charge in [0.1, 0.15) is 19.5 Å². The van der Waals surface area contributed by atoms with E-state index in [2.05, 4.69) is 0 Å². The first-order valence-electron chi connectivity index (χ1n) is 6.21. The minimum atomic E-state index is -1.55. The summed E-state index contributed by atoms with van der Waals surface area (Å²) >= 11 is 0. The van der Waals surface area contributed by atoms with Crippen molar-refractivity contribution >= 4 is 5.97 Å². The van der Waals surface area contributed by atoms with E-state index in [4.69, 9.17) is 0 Å². The maximum absolute atomic E-state index is 11.5. The van der Waals surface area contributed by atoms with Crippen LogP contribution < -0.4 is 10.0 Å². The normalized spacial score (nSPS) is 36.0. The predicted molar refractivity (Wildman–Crippen MR) is 63.0 cm³/mol. The lowest BCUT2D eigenvalue weighted by molar-refractivity contribution is -0.938. The van der Waals surface area contributed by atoms with Gasteiger partial charge in [-0.2, -0.15) is 0 Å². The lowest BCUT2D eigenvalue weighted by atomic mass is 9.68. The summed E-state index contributed by atoms with van der Waals surface area (Å²) in [6, 6.07) is 0. The predicted octanol–water partition coefficient (Wildman–Crippen LogP) is -2.59. The number of quaternary nitrogens is 1. The lowest BCUT2D eigenvalue weighted by Crippen LogP contribution is -3.19. The topological polar surface area (TPSA) is 131 Å². The van der Waals surface area contributed by atoms with E-state index in [0.29, 0.717) is 10.5 Å². The van der Waals surface area contributed by atoms with Gasteiger partial charge in [-0.3, -0.25) is 20.2 Å². The smallest absolute Gasteiger partial charge is 0.297 e. The van der Waals surface area contributed by atoms with Gasteiger partial charge in [0.25, 0.3) is 11.1 Å². The van der Waals surface area contributed by atoms with Gasteiger partial charge in [0.05, 0.1) is 5.97 Å². The molecule has 9 heteroatoms. The molecule has 2 aliphatic rings. The third-order valence-corrected chi connectivity index (χ3v) is 4.40. The molecule has 2 rings (SSSR count). The Hall–Kier alpha value is -2.03. The van der Waals surface area contributed by atoms with Crippen molar-refractivity contribution in [3.05, 3.63) is 31.9 Å². The highest BCUT2D eigenvalue weighted by molar-refractivity contribution is 5.65. The molecule has 1 unspecified atom stereocenters. The zero-order valence-corrected chi connectivity index (χ0v) is 11.0. The molecule has 3 atom stereocenters. The maximum Gasteiger partial charge on any atom is 0.297 e. The maximum atomic E-state index is 11.5. The molecule has 1 aliphatic heterocycles. The second-order valence-electron chi connectivity index (χ2n) is 5.69. The van der Waals surface area contributed by atoms with Gasteiger partial charge in [-0.25, -0.2) is 0 Å². The Morgan fingerprint density at radius 3 is 2.50 bits per heavy atom. The Morgan fingerprint density at radius 1 is 1.35 bits per heavy atom. The average Bonchev–Trinajstić information content (AvgIpc) is 2.33. The summed E-state index contributed by atoms with van der Waals surface area (Å²) < 4.78 is 0. The lowest BCUT2D eigenvalue weighted by Gasteiger charge is -2.43. The van der Waals surface area contributed by atoms with E-state index in [1.807, 2.05) is 0 Å². The number of nitro groups is 2.